The Morgan fingerprint density at radius 2 is 1.85 bits per heavy atom. The summed E-state index contributed by atoms with van der Waals surface area (Å²) in [7, 11) is 1.28. The van der Waals surface area contributed by atoms with Crippen LogP contribution in [0.2, 0.25) is 0 Å². The number of rotatable bonds is 7. The molecule has 2 N–H and O–H groups in total. The third-order valence-corrected chi connectivity index (χ3v) is 4.35. The summed E-state index contributed by atoms with van der Waals surface area (Å²) in [5, 5.41) is 13.9. The van der Waals surface area contributed by atoms with Crippen LogP contribution in [0.15, 0.2) is 83.1 Å². The SMILES string of the molecule is COC(=O)C1=C(O)C(C(/C=C/c2ccccc2)NCc2ccccc2)N=C1. The van der Waals surface area contributed by atoms with Crippen molar-refractivity contribution in [3.63, 3.8) is 0 Å². The average Bonchev–Trinajstić information content (AvgIpc) is 3.10. The van der Waals surface area contributed by atoms with Crippen molar-refractivity contribution in [2.45, 2.75) is 18.6 Å². The number of ether oxygens (including phenoxy) is 1. The number of aliphatic hydroxyl groups is 1. The van der Waals surface area contributed by atoms with Gasteiger partial charge in [0.1, 0.15) is 17.4 Å². The molecule has 138 valence electrons. The van der Waals surface area contributed by atoms with Gasteiger partial charge in [-0.15, -0.1) is 0 Å². The topological polar surface area (TPSA) is 70.9 Å². The smallest absolute Gasteiger partial charge is 0.342 e. The molecular weight excluding hydrogens is 340 g/mol. The molecule has 0 aliphatic carbocycles. The molecule has 0 saturated heterocycles. The lowest BCUT2D eigenvalue weighted by atomic mass is 10.0. The van der Waals surface area contributed by atoms with Crippen LogP contribution >= 0.6 is 0 Å². The van der Waals surface area contributed by atoms with Gasteiger partial charge in [-0.3, -0.25) is 4.99 Å². The van der Waals surface area contributed by atoms with E-state index in [9.17, 15) is 9.90 Å². The predicted octanol–water partition coefficient (Wildman–Crippen LogP) is 3.30. The maximum Gasteiger partial charge on any atom is 0.342 e. The minimum absolute atomic E-state index is 0.0786. The first-order valence-corrected chi connectivity index (χ1v) is 8.74. The van der Waals surface area contributed by atoms with Crippen molar-refractivity contribution in [3.05, 3.63) is 89.2 Å². The van der Waals surface area contributed by atoms with Crippen LogP contribution in [0.4, 0.5) is 0 Å². The van der Waals surface area contributed by atoms with E-state index in [1.54, 1.807) is 0 Å². The number of hydrogen-bond donors (Lipinski definition) is 2. The number of carbonyl (C=O) groups is 1. The fourth-order valence-electron chi connectivity index (χ4n) is 2.88. The largest absolute Gasteiger partial charge is 0.509 e. The molecule has 0 bridgehead atoms. The van der Waals surface area contributed by atoms with E-state index in [-0.39, 0.29) is 17.4 Å². The lowest BCUT2D eigenvalue weighted by molar-refractivity contribution is -0.135. The van der Waals surface area contributed by atoms with E-state index in [1.807, 2.05) is 72.8 Å². The molecule has 0 amide bonds. The molecule has 2 atom stereocenters. The van der Waals surface area contributed by atoms with Crippen LogP contribution in [0.1, 0.15) is 11.1 Å². The van der Waals surface area contributed by atoms with E-state index in [0.29, 0.717) is 6.54 Å². The molecule has 0 saturated carbocycles. The molecule has 0 spiro atoms. The molecule has 1 aliphatic rings. The van der Waals surface area contributed by atoms with Crippen LogP contribution in [0.5, 0.6) is 0 Å². The molecule has 2 aromatic carbocycles. The van der Waals surface area contributed by atoms with E-state index in [2.05, 4.69) is 10.3 Å². The fraction of sp³-hybridized carbons (Fsp3) is 0.182. The van der Waals surface area contributed by atoms with E-state index in [4.69, 9.17) is 4.74 Å². The second-order valence-electron chi connectivity index (χ2n) is 6.18. The number of methoxy groups -OCH3 is 1. The zero-order valence-electron chi connectivity index (χ0n) is 15.1. The number of nitrogens with one attached hydrogen (secondary N) is 1. The Balaban J connectivity index is 1.81. The third-order valence-electron chi connectivity index (χ3n) is 4.35. The summed E-state index contributed by atoms with van der Waals surface area (Å²) in [5.41, 5.74) is 2.26. The van der Waals surface area contributed by atoms with Gasteiger partial charge in [-0.25, -0.2) is 4.79 Å². The normalized spacial score (nSPS) is 17.4. The van der Waals surface area contributed by atoms with Crippen LogP contribution in [-0.2, 0) is 16.1 Å². The summed E-state index contributed by atoms with van der Waals surface area (Å²) < 4.78 is 4.70. The van der Waals surface area contributed by atoms with Crippen LogP contribution in [0.3, 0.4) is 0 Å². The van der Waals surface area contributed by atoms with Crippen molar-refractivity contribution < 1.29 is 14.6 Å². The molecule has 1 heterocycles. The molecule has 0 fully saturated rings. The molecule has 3 rings (SSSR count). The molecule has 2 unspecified atom stereocenters. The highest BCUT2D eigenvalue weighted by Gasteiger charge is 2.31. The van der Waals surface area contributed by atoms with Gasteiger partial charge in [0.15, 0.2) is 0 Å². The van der Waals surface area contributed by atoms with Crippen LogP contribution in [-0.4, -0.2) is 36.5 Å². The monoisotopic (exact) mass is 362 g/mol. The number of esters is 1. The second-order valence-corrected chi connectivity index (χ2v) is 6.18. The Morgan fingerprint density at radius 3 is 2.52 bits per heavy atom. The maximum absolute atomic E-state index is 11.8. The van der Waals surface area contributed by atoms with Gasteiger partial charge in [-0.2, -0.15) is 0 Å². The van der Waals surface area contributed by atoms with E-state index in [1.165, 1.54) is 13.3 Å². The van der Waals surface area contributed by atoms with Crippen molar-refractivity contribution in [3.8, 4) is 0 Å². The van der Waals surface area contributed by atoms with Gasteiger partial charge in [0.2, 0.25) is 0 Å². The minimum atomic E-state index is -0.590. The molecule has 2 aromatic rings. The number of carbonyl (C=O) groups excluding carboxylic acids is 1. The van der Waals surface area contributed by atoms with Gasteiger partial charge in [0, 0.05) is 12.8 Å². The summed E-state index contributed by atoms with van der Waals surface area (Å²) >= 11 is 0. The Kier molecular flexibility index (Phi) is 6.18. The van der Waals surface area contributed by atoms with Crippen molar-refractivity contribution in [2.24, 2.45) is 4.99 Å². The molecule has 0 aromatic heterocycles. The molecule has 5 heteroatoms. The highest BCUT2D eigenvalue weighted by Crippen LogP contribution is 2.21. The van der Waals surface area contributed by atoms with Gasteiger partial charge in [0.25, 0.3) is 0 Å². The van der Waals surface area contributed by atoms with Crippen molar-refractivity contribution in [1.82, 2.24) is 5.32 Å². The number of nitrogens with zero attached hydrogens (tertiary/aromatic N) is 1. The molecule has 0 radical (unpaired) electrons. The average molecular weight is 362 g/mol. The summed E-state index contributed by atoms with van der Waals surface area (Å²) in [4.78, 5) is 16.1. The molecule has 27 heavy (non-hydrogen) atoms. The highest BCUT2D eigenvalue weighted by atomic mass is 16.5. The standard InChI is InChI=1S/C22H22N2O3/c1-27-22(26)18-15-24-20(21(18)25)19(13-12-16-8-4-2-5-9-16)23-14-17-10-6-3-7-11-17/h2-13,15,19-20,23,25H,14H2,1H3/b13-12+. The molecular formula is C22H22N2O3. The van der Waals surface area contributed by atoms with Gasteiger partial charge < -0.3 is 15.2 Å². The lowest BCUT2D eigenvalue weighted by Gasteiger charge is -2.20. The van der Waals surface area contributed by atoms with Gasteiger partial charge in [-0.05, 0) is 11.1 Å². The number of aliphatic imine (C=N–C) groups is 1. The van der Waals surface area contributed by atoms with Crippen LogP contribution in [0.25, 0.3) is 6.08 Å². The lowest BCUT2D eigenvalue weighted by Crippen LogP contribution is -2.37. The Labute approximate surface area is 158 Å². The zero-order chi connectivity index (χ0) is 19.1. The van der Waals surface area contributed by atoms with Gasteiger partial charge in [0.05, 0.1) is 13.2 Å². The van der Waals surface area contributed by atoms with E-state index >= 15 is 0 Å². The summed E-state index contributed by atoms with van der Waals surface area (Å²) in [6, 6.07) is 19.0. The van der Waals surface area contributed by atoms with Crippen molar-refractivity contribution in [2.75, 3.05) is 7.11 Å². The van der Waals surface area contributed by atoms with Crippen molar-refractivity contribution >= 4 is 18.3 Å². The summed E-state index contributed by atoms with van der Waals surface area (Å²) in [5.74, 6) is -0.669. The Bertz CT molecular complexity index is 858. The Morgan fingerprint density at radius 1 is 1.19 bits per heavy atom. The maximum atomic E-state index is 11.8. The van der Waals surface area contributed by atoms with Crippen LogP contribution in [0, 0.1) is 0 Å². The van der Waals surface area contributed by atoms with Crippen LogP contribution < -0.4 is 5.32 Å². The molecule has 1 aliphatic heterocycles. The minimum Gasteiger partial charge on any atom is -0.509 e. The first-order chi connectivity index (χ1) is 13.2. The zero-order valence-corrected chi connectivity index (χ0v) is 15.1. The van der Waals surface area contributed by atoms with Gasteiger partial charge >= 0.3 is 5.97 Å². The molecule has 5 nitrogen and oxygen atoms in total. The first-order valence-electron chi connectivity index (χ1n) is 8.74. The Hall–Kier alpha value is -3.18. The number of benzene rings is 2. The summed E-state index contributed by atoms with van der Waals surface area (Å²) in [6.07, 6.45) is 5.30. The first kappa shape index (κ1) is 18.6. The van der Waals surface area contributed by atoms with E-state index in [0.717, 1.165) is 11.1 Å². The fourth-order valence-corrected chi connectivity index (χ4v) is 2.88. The van der Waals surface area contributed by atoms with Gasteiger partial charge in [-0.1, -0.05) is 72.8 Å². The van der Waals surface area contributed by atoms with E-state index < -0.39 is 12.0 Å². The second kappa shape index (κ2) is 8.96. The predicted molar refractivity (Wildman–Crippen MR) is 106 cm³/mol. The highest BCUT2D eigenvalue weighted by molar-refractivity contribution is 6.11. The summed E-state index contributed by atoms with van der Waals surface area (Å²) in [6.45, 7) is 0.609. The number of aliphatic hydroxyl groups excluding tert-OH is 1. The quantitative estimate of drug-likeness (QED) is 0.742. The third kappa shape index (κ3) is 4.71. The number of hydrogen-bond acceptors (Lipinski definition) is 5. The van der Waals surface area contributed by atoms with Crippen molar-refractivity contribution in [1.29, 1.82) is 0 Å².